The average molecular weight is 298 g/mol. The zero-order valence-electron chi connectivity index (χ0n) is 12.9. The van der Waals surface area contributed by atoms with E-state index in [1.165, 1.54) is 0 Å². The molecular weight excluding hydrogens is 272 g/mol. The lowest BCUT2D eigenvalue weighted by atomic mass is 9.92. The van der Waals surface area contributed by atoms with Crippen molar-refractivity contribution < 1.29 is 19.4 Å². The van der Waals surface area contributed by atoms with Crippen molar-refractivity contribution in [3.63, 3.8) is 0 Å². The Morgan fingerprint density at radius 3 is 2.76 bits per heavy atom. The highest BCUT2D eigenvalue weighted by molar-refractivity contribution is 5.75. The van der Waals surface area contributed by atoms with E-state index in [2.05, 4.69) is 12.2 Å². The first kappa shape index (κ1) is 16.1. The van der Waals surface area contributed by atoms with Gasteiger partial charge in [0.15, 0.2) is 0 Å². The molecule has 2 saturated heterocycles. The van der Waals surface area contributed by atoms with Crippen LogP contribution in [-0.4, -0.2) is 53.8 Å². The van der Waals surface area contributed by atoms with Crippen molar-refractivity contribution in [2.24, 2.45) is 11.8 Å². The molecule has 4 unspecified atom stereocenters. The molecule has 2 rings (SSSR count). The molecule has 6 nitrogen and oxygen atoms in total. The first-order valence-electron chi connectivity index (χ1n) is 7.91. The lowest BCUT2D eigenvalue weighted by Crippen LogP contribution is -2.51. The Morgan fingerprint density at radius 1 is 1.38 bits per heavy atom. The van der Waals surface area contributed by atoms with Crippen LogP contribution in [-0.2, 0) is 9.53 Å². The zero-order valence-corrected chi connectivity index (χ0v) is 12.9. The molecule has 2 fully saturated rings. The Hall–Kier alpha value is -1.30. The van der Waals surface area contributed by atoms with Gasteiger partial charge in [-0.25, -0.2) is 4.79 Å². The fraction of sp³-hybridized carbons (Fsp3) is 0.867. The van der Waals surface area contributed by atoms with Gasteiger partial charge in [-0.2, -0.15) is 0 Å². The van der Waals surface area contributed by atoms with Crippen molar-refractivity contribution in [1.82, 2.24) is 10.2 Å². The minimum Gasteiger partial charge on any atom is -0.481 e. The quantitative estimate of drug-likeness (QED) is 0.828. The molecule has 0 aromatic heterocycles. The summed E-state index contributed by atoms with van der Waals surface area (Å²) in [6, 6.07) is -0.102. The Bertz CT molecular complexity index is 388. The summed E-state index contributed by atoms with van der Waals surface area (Å²) in [6.45, 7) is 5.95. The molecule has 6 heteroatoms. The number of carboxylic acid groups (broad SMARTS) is 1. The Labute approximate surface area is 125 Å². The van der Waals surface area contributed by atoms with E-state index in [0.717, 1.165) is 19.4 Å². The van der Waals surface area contributed by atoms with Crippen LogP contribution < -0.4 is 5.32 Å². The third-order valence-electron chi connectivity index (χ3n) is 4.75. The molecule has 0 bridgehead atoms. The van der Waals surface area contributed by atoms with Crippen molar-refractivity contribution in [2.75, 3.05) is 19.7 Å². The number of nitrogens with zero attached hydrogens (tertiary/aromatic N) is 1. The minimum atomic E-state index is -0.754. The van der Waals surface area contributed by atoms with Crippen LogP contribution in [0.4, 0.5) is 4.79 Å². The van der Waals surface area contributed by atoms with Crippen molar-refractivity contribution in [1.29, 1.82) is 0 Å². The number of nitrogens with one attached hydrogen (secondary N) is 1. The molecule has 2 heterocycles. The zero-order chi connectivity index (χ0) is 15.4. The van der Waals surface area contributed by atoms with Crippen LogP contribution >= 0.6 is 0 Å². The molecule has 4 atom stereocenters. The van der Waals surface area contributed by atoms with Crippen LogP contribution in [0.15, 0.2) is 0 Å². The van der Waals surface area contributed by atoms with E-state index < -0.39 is 5.97 Å². The second-order valence-corrected chi connectivity index (χ2v) is 6.15. The van der Waals surface area contributed by atoms with Crippen LogP contribution in [0.5, 0.6) is 0 Å². The number of carboxylic acids is 1. The fourth-order valence-corrected chi connectivity index (χ4v) is 3.40. The number of hydrogen-bond donors (Lipinski definition) is 2. The van der Waals surface area contributed by atoms with Crippen molar-refractivity contribution in [2.45, 2.75) is 51.7 Å². The largest absolute Gasteiger partial charge is 0.481 e. The lowest BCUT2D eigenvalue weighted by Gasteiger charge is -2.36. The Kier molecular flexibility index (Phi) is 5.45. The molecule has 0 radical (unpaired) electrons. The van der Waals surface area contributed by atoms with Gasteiger partial charge in [-0.05, 0) is 32.6 Å². The number of piperidine rings is 1. The van der Waals surface area contributed by atoms with E-state index in [1.54, 1.807) is 4.90 Å². The summed E-state index contributed by atoms with van der Waals surface area (Å²) in [7, 11) is 0. The highest BCUT2D eigenvalue weighted by Gasteiger charge is 2.33. The van der Waals surface area contributed by atoms with Crippen molar-refractivity contribution in [3.8, 4) is 0 Å². The van der Waals surface area contributed by atoms with Gasteiger partial charge in [0.1, 0.15) is 0 Å². The third-order valence-corrected chi connectivity index (χ3v) is 4.75. The highest BCUT2D eigenvalue weighted by Crippen LogP contribution is 2.24. The van der Waals surface area contributed by atoms with Crippen LogP contribution in [0.1, 0.15) is 39.5 Å². The van der Waals surface area contributed by atoms with Crippen LogP contribution in [0, 0.1) is 11.8 Å². The number of hydrogen-bond acceptors (Lipinski definition) is 3. The number of carbonyl (C=O) groups excluding carboxylic acids is 1. The number of amides is 2. The highest BCUT2D eigenvalue weighted by atomic mass is 16.5. The van der Waals surface area contributed by atoms with Gasteiger partial charge >= 0.3 is 12.0 Å². The SMILES string of the molecule is CCC1OCCC1CNC(=O)N1CCC(C(=O)O)CC1C. The average Bonchev–Trinajstić information content (AvgIpc) is 2.91. The Balaban J connectivity index is 1.79. The number of likely N-dealkylation sites (tertiary alicyclic amines) is 1. The predicted molar refractivity (Wildman–Crippen MR) is 78.1 cm³/mol. The van der Waals surface area contributed by atoms with Gasteiger partial charge in [-0.3, -0.25) is 4.79 Å². The predicted octanol–water partition coefficient (Wildman–Crippen LogP) is 1.70. The van der Waals surface area contributed by atoms with Gasteiger partial charge in [-0.1, -0.05) is 6.92 Å². The fourth-order valence-electron chi connectivity index (χ4n) is 3.40. The van der Waals surface area contributed by atoms with E-state index >= 15 is 0 Å². The summed E-state index contributed by atoms with van der Waals surface area (Å²) in [5, 5.41) is 12.0. The summed E-state index contributed by atoms with van der Waals surface area (Å²) in [4.78, 5) is 25.0. The molecule has 0 aliphatic carbocycles. The summed E-state index contributed by atoms with van der Waals surface area (Å²) >= 11 is 0. The molecule has 120 valence electrons. The summed E-state index contributed by atoms with van der Waals surface area (Å²) < 4.78 is 5.62. The van der Waals surface area contributed by atoms with E-state index in [4.69, 9.17) is 9.84 Å². The molecule has 0 aromatic rings. The van der Waals surface area contributed by atoms with E-state index in [-0.39, 0.29) is 24.1 Å². The number of aliphatic carboxylic acids is 1. The van der Waals surface area contributed by atoms with Gasteiger partial charge in [0.25, 0.3) is 0 Å². The molecule has 0 aromatic carbocycles. The van der Waals surface area contributed by atoms with Gasteiger partial charge < -0.3 is 20.1 Å². The standard InChI is InChI=1S/C15H26N2O4/c1-3-13-12(5-7-21-13)9-16-15(20)17-6-4-11(14(18)19)8-10(17)2/h10-13H,3-9H2,1-2H3,(H,16,20)(H,18,19). The second kappa shape index (κ2) is 7.11. The first-order chi connectivity index (χ1) is 10.0. The maximum absolute atomic E-state index is 12.3. The van der Waals surface area contributed by atoms with Gasteiger partial charge in [0, 0.05) is 31.7 Å². The summed E-state index contributed by atoms with van der Waals surface area (Å²) in [6.07, 6.45) is 3.29. The van der Waals surface area contributed by atoms with Gasteiger partial charge in [0.05, 0.1) is 12.0 Å². The molecule has 2 aliphatic heterocycles. The first-order valence-corrected chi connectivity index (χ1v) is 7.91. The monoisotopic (exact) mass is 298 g/mol. The van der Waals surface area contributed by atoms with E-state index in [9.17, 15) is 9.59 Å². The van der Waals surface area contributed by atoms with Crippen LogP contribution in [0.3, 0.4) is 0 Å². The molecule has 2 amide bonds. The van der Waals surface area contributed by atoms with Crippen LogP contribution in [0.25, 0.3) is 0 Å². The Morgan fingerprint density at radius 2 is 2.14 bits per heavy atom. The number of ether oxygens (including phenoxy) is 1. The molecule has 2 N–H and O–H groups in total. The van der Waals surface area contributed by atoms with Crippen molar-refractivity contribution >= 4 is 12.0 Å². The maximum atomic E-state index is 12.3. The van der Waals surface area contributed by atoms with E-state index in [0.29, 0.717) is 31.8 Å². The summed E-state index contributed by atoms with van der Waals surface area (Å²) in [5.74, 6) is -0.682. The topological polar surface area (TPSA) is 78.9 Å². The smallest absolute Gasteiger partial charge is 0.317 e. The maximum Gasteiger partial charge on any atom is 0.317 e. The lowest BCUT2D eigenvalue weighted by molar-refractivity contribution is -0.143. The van der Waals surface area contributed by atoms with Gasteiger partial charge in [-0.15, -0.1) is 0 Å². The van der Waals surface area contributed by atoms with Crippen LogP contribution in [0.2, 0.25) is 0 Å². The number of carbonyl (C=O) groups is 2. The number of urea groups is 1. The van der Waals surface area contributed by atoms with Gasteiger partial charge in [0.2, 0.25) is 0 Å². The molecular formula is C15H26N2O4. The van der Waals surface area contributed by atoms with Crippen molar-refractivity contribution in [3.05, 3.63) is 0 Å². The molecule has 2 aliphatic rings. The second-order valence-electron chi connectivity index (χ2n) is 6.15. The minimum absolute atomic E-state index is 0.0262. The molecule has 0 saturated carbocycles. The normalized spacial score (nSPS) is 33.0. The third kappa shape index (κ3) is 3.87. The van der Waals surface area contributed by atoms with E-state index in [1.807, 2.05) is 6.92 Å². The number of rotatable bonds is 4. The molecule has 21 heavy (non-hydrogen) atoms. The summed E-state index contributed by atoms with van der Waals surface area (Å²) in [5.41, 5.74) is 0. The molecule has 0 spiro atoms.